The van der Waals surface area contributed by atoms with Crippen molar-refractivity contribution >= 4 is 62.9 Å². The van der Waals surface area contributed by atoms with Gasteiger partial charge in [0.25, 0.3) is 11.1 Å². The minimum absolute atomic E-state index is 0.0579. The number of hydrogen-bond acceptors (Lipinski definition) is 12. The molecule has 3 fully saturated rings. The number of rotatable bonds is 7. The first-order valence-corrected chi connectivity index (χ1v) is 20.9. The standard InChI is InChI=1S/C24H27ClN4O4.C20H19ClN4O2/c1-29-21-16(10-19(22(29)31)18-4-2-3-5-20(18)25)11-26-23(28-21)27-17-6-8-24(9-7-17)32-13-15(12-30)14-33-24;1-25-18-12(10-16(19(25)27)15-4-2-3-5-17(15)21)11-22-20(24-18)23-13-6-8-14(26)9-7-13/h2-5,10-11,15,17,30H,6-9,12-14H2,1H3,(H,26,27,28);2-5,10-11,13H,6-9H2,1H3,(H,22,23,24). The lowest BCUT2D eigenvalue weighted by Crippen LogP contribution is -2.48. The van der Waals surface area contributed by atoms with Crippen LogP contribution < -0.4 is 21.8 Å². The molecule has 2 aromatic carbocycles. The van der Waals surface area contributed by atoms with Crippen molar-refractivity contribution < 1.29 is 19.4 Å². The van der Waals surface area contributed by atoms with Gasteiger partial charge in [0.15, 0.2) is 5.79 Å². The average Bonchev–Trinajstić information content (AvgIpc) is 3.26. The summed E-state index contributed by atoms with van der Waals surface area (Å²) in [6.45, 7) is 1.15. The van der Waals surface area contributed by atoms with Crippen molar-refractivity contribution in [2.75, 3.05) is 30.5 Å². The van der Waals surface area contributed by atoms with Gasteiger partial charge in [0.05, 0.1) is 19.8 Å². The normalized spacial score (nSPS) is 20.9. The number of nitrogens with zero attached hydrogens (tertiary/aromatic N) is 6. The number of nitrogens with one attached hydrogen (secondary N) is 2. The predicted octanol–water partition coefficient (Wildman–Crippen LogP) is 6.93. The summed E-state index contributed by atoms with van der Waals surface area (Å²) in [6, 6.07) is 18.5. The molecule has 0 atom stereocenters. The summed E-state index contributed by atoms with van der Waals surface area (Å²) in [7, 11) is 3.41. The maximum Gasteiger partial charge on any atom is 0.259 e. The lowest BCUT2D eigenvalue weighted by Gasteiger charge is -2.44. The van der Waals surface area contributed by atoms with Crippen molar-refractivity contribution in [3.05, 3.63) is 104 Å². The van der Waals surface area contributed by atoms with E-state index in [9.17, 15) is 19.5 Å². The Bertz CT molecular complexity index is 2660. The van der Waals surface area contributed by atoms with E-state index >= 15 is 0 Å². The number of hydrogen-bond donors (Lipinski definition) is 3. The van der Waals surface area contributed by atoms with Gasteiger partial charge >= 0.3 is 0 Å². The van der Waals surface area contributed by atoms with Crippen LogP contribution in [0.5, 0.6) is 0 Å². The SMILES string of the molecule is Cn1c(=O)c(-c2ccccc2Cl)cc2cnc(NC3CCC(=O)CC3)nc21.Cn1c(=O)c(-c2ccccc2Cl)cc2cnc(NC3CCC4(CC3)OCC(CO)CO4)nc21. The topological polar surface area (TPSA) is 175 Å². The maximum absolute atomic E-state index is 13.0. The third-order valence-corrected chi connectivity index (χ3v) is 12.3. The Balaban J connectivity index is 0.000000170. The monoisotopic (exact) mass is 852 g/mol. The van der Waals surface area contributed by atoms with Crippen LogP contribution in [-0.2, 0) is 28.4 Å². The lowest BCUT2D eigenvalue weighted by atomic mass is 9.89. The second-order valence-corrected chi connectivity index (χ2v) is 16.5. The number of fused-ring (bicyclic) bond motifs is 2. The Morgan fingerprint density at radius 1 is 0.700 bits per heavy atom. The number of anilines is 2. The zero-order valence-electron chi connectivity index (χ0n) is 33.4. The van der Waals surface area contributed by atoms with E-state index in [-0.39, 0.29) is 35.7 Å². The number of pyridine rings is 2. The minimum Gasteiger partial charge on any atom is -0.396 e. The highest BCUT2D eigenvalue weighted by molar-refractivity contribution is 6.33. The van der Waals surface area contributed by atoms with Crippen LogP contribution >= 0.6 is 23.2 Å². The zero-order valence-corrected chi connectivity index (χ0v) is 34.9. The summed E-state index contributed by atoms with van der Waals surface area (Å²) < 4.78 is 15.0. The van der Waals surface area contributed by atoms with E-state index < -0.39 is 5.79 Å². The van der Waals surface area contributed by atoms with Crippen LogP contribution in [0.2, 0.25) is 10.0 Å². The lowest BCUT2D eigenvalue weighted by molar-refractivity contribution is -0.297. The predicted molar refractivity (Wildman–Crippen MR) is 232 cm³/mol. The highest BCUT2D eigenvalue weighted by atomic mass is 35.5. The number of aryl methyl sites for hydroxylation is 2. The number of ketones is 1. The molecule has 9 rings (SSSR count). The third kappa shape index (κ3) is 8.79. The van der Waals surface area contributed by atoms with E-state index in [1.165, 1.54) is 9.13 Å². The van der Waals surface area contributed by atoms with Crippen molar-refractivity contribution in [1.29, 1.82) is 0 Å². The summed E-state index contributed by atoms with van der Waals surface area (Å²) in [4.78, 5) is 55.3. The molecule has 312 valence electrons. The number of aromatic nitrogens is 6. The van der Waals surface area contributed by atoms with Crippen LogP contribution in [0.25, 0.3) is 44.3 Å². The number of Topliss-reactive ketones (excluding diaryl/α,β-unsaturated/α-hetero) is 1. The highest BCUT2D eigenvalue weighted by Gasteiger charge is 2.41. The van der Waals surface area contributed by atoms with Crippen LogP contribution in [0, 0.1) is 5.92 Å². The minimum atomic E-state index is -0.535. The van der Waals surface area contributed by atoms with Gasteiger partial charge < -0.3 is 25.2 Å². The molecular formula is C44H46Cl2N8O6. The van der Waals surface area contributed by atoms with Crippen LogP contribution in [-0.4, -0.2) is 77.7 Å². The van der Waals surface area contributed by atoms with Crippen LogP contribution in [0.4, 0.5) is 11.9 Å². The number of ether oxygens (including phenoxy) is 2. The van der Waals surface area contributed by atoms with Crippen LogP contribution in [0.15, 0.2) is 82.6 Å². The molecule has 5 heterocycles. The average molecular weight is 854 g/mol. The molecule has 1 aliphatic heterocycles. The fourth-order valence-corrected chi connectivity index (χ4v) is 8.53. The fourth-order valence-electron chi connectivity index (χ4n) is 8.05. The largest absolute Gasteiger partial charge is 0.396 e. The van der Waals surface area contributed by atoms with Gasteiger partial charge in [-0.15, -0.1) is 0 Å². The van der Waals surface area contributed by atoms with Gasteiger partial charge in [-0.2, -0.15) is 9.97 Å². The van der Waals surface area contributed by atoms with Gasteiger partial charge in [0.1, 0.15) is 17.1 Å². The van der Waals surface area contributed by atoms with E-state index in [1.54, 1.807) is 50.8 Å². The molecule has 60 heavy (non-hydrogen) atoms. The highest BCUT2D eigenvalue weighted by Crippen LogP contribution is 2.37. The van der Waals surface area contributed by atoms with E-state index in [4.69, 9.17) is 32.7 Å². The smallest absolute Gasteiger partial charge is 0.259 e. The van der Waals surface area contributed by atoms with Crippen molar-refractivity contribution in [3.8, 4) is 22.3 Å². The molecule has 16 heteroatoms. The number of aliphatic hydroxyl groups is 1. The van der Waals surface area contributed by atoms with Gasteiger partial charge in [0, 0.05) is 113 Å². The molecule has 14 nitrogen and oxygen atoms in total. The molecule has 0 amide bonds. The molecule has 1 saturated heterocycles. The van der Waals surface area contributed by atoms with Gasteiger partial charge in [-0.05, 0) is 49.9 Å². The van der Waals surface area contributed by atoms with Crippen molar-refractivity contribution in [1.82, 2.24) is 29.1 Å². The summed E-state index contributed by atoms with van der Waals surface area (Å²) >= 11 is 12.6. The number of carbonyl (C=O) groups excluding carboxylic acids is 1. The van der Waals surface area contributed by atoms with E-state index in [0.29, 0.717) is 87.3 Å². The summed E-state index contributed by atoms with van der Waals surface area (Å²) in [5.74, 6) is 0.800. The third-order valence-electron chi connectivity index (χ3n) is 11.6. The Kier molecular flexibility index (Phi) is 12.3. The van der Waals surface area contributed by atoms with Crippen LogP contribution in [0.3, 0.4) is 0 Å². The van der Waals surface area contributed by atoms with E-state index in [2.05, 4.69) is 30.6 Å². The first kappa shape index (κ1) is 41.5. The summed E-state index contributed by atoms with van der Waals surface area (Å²) in [5, 5.41) is 18.5. The molecule has 0 unspecified atom stereocenters. The molecule has 0 bridgehead atoms. The molecule has 4 aromatic heterocycles. The van der Waals surface area contributed by atoms with E-state index in [0.717, 1.165) is 49.3 Å². The Labute approximate surface area is 355 Å². The maximum atomic E-state index is 13.0. The summed E-state index contributed by atoms with van der Waals surface area (Å²) in [5.41, 5.74) is 3.22. The first-order chi connectivity index (χ1) is 29.0. The van der Waals surface area contributed by atoms with E-state index in [1.807, 2.05) is 36.4 Å². The molecule has 2 aliphatic carbocycles. The Morgan fingerprint density at radius 2 is 1.15 bits per heavy atom. The number of benzene rings is 2. The van der Waals surface area contributed by atoms with Gasteiger partial charge in [-0.1, -0.05) is 59.6 Å². The molecule has 3 N–H and O–H groups in total. The zero-order chi connectivity index (χ0) is 42.0. The Hall–Kier alpha value is -5.25. The second kappa shape index (κ2) is 17.8. The molecule has 3 aliphatic rings. The molecule has 0 radical (unpaired) electrons. The van der Waals surface area contributed by atoms with Gasteiger partial charge in [0.2, 0.25) is 11.9 Å². The number of carbonyl (C=O) groups is 1. The van der Waals surface area contributed by atoms with Crippen LogP contribution in [0.1, 0.15) is 51.4 Å². The van der Waals surface area contributed by atoms with Gasteiger partial charge in [-0.3, -0.25) is 23.5 Å². The van der Waals surface area contributed by atoms with Crippen molar-refractivity contribution in [2.24, 2.45) is 20.0 Å². The molecule has 1 spiro atoms. The molecule has 6 aromatic rings. The summed E-state index contributed by atoms with van der Waals surface area (Å²) in [6.07, 6.45) is 9.44. The Morgan fingerprint density at radius 3 is 1.60 bits per heavy atom. The van der Waals surface area contributed by atoms with Crippen molar-refractivity contribution in [3.63, 3.8) is 0 Å². The molecule has 2 saturated carbocycles. The quantitative estimate of drug-likeness (QED) is 0.151. The van der Waals surface area contributed by atoms with Gasteiger partial charge in [-0.25, -0.2) is 9.97 Å². The molecular weight excluding hydrogens is 807 g/mol. The fraction of sp³-hybridized carbons (Fsp3) is 0.386. The first-order valence-electron chi connectivity index (χ1n) is 20.2. The van der Waals surface area contributed by atoms with Crippen molar-refractivity contribution in [2.45, 2.75) is 69.2 Å². The number of aliphatic hydroxyl groups excluding tert-OH is 1. The second-order valence-electron chi connectivity index (χ2n) is 15.7. The number of halogens is 2.